The third-order valence-corrected chi connectivity index (χ3v) is 2.48. The Morgan fingerprint density at radius 3 is 2.50 bits per heavy atom. The van der Waals surface area contributed by atoms with E-state index in [1.165, 1.54) is 0 Å². The predicted octanol–water partition coefficient (Wildman–Crippen LogP) is 2.92. The van der Waals surface area contributed by atoms with Gasteiger partial charge in [0.1, 0.15) is 5.69 Å². The molecular formula is C11H13N3O2. The molecule has 0 atom stereocenters. The van der Waals surface area contributed by atoms with Gasteiger partial charge in [0.2, 0.25) is 0 Å². The topological polar surface area (TPSA) is 91.0 Å². The van der Waals surface area contributed by atoms with Crippen LogP contribution in [0.3, 0.4) is 0 Å². The summed E-state index contributed by atoms with van der Waals surface area (Å²) in [5.41, 5.74) is 2.08. The number of hydrogen-bond donors (Lipinski definition) is 1. The zero-order valence-corrected chi connectivity index (χ0v) is 9.23. The molecule has 0 aliphatic heterocycles. The van der Waals surface area contributed by atoms with E-state index in [2.05, 4.69) is 4.98 Å². The molecule has 5 nitrogen and oxygen atoms in total. The molecule has 0 unspecified atom stereocenters. The molecule has 0 bridgehead atoms. The maximum atomic E-state index is 10.9. The third-order valence-electron chi connectivity index (χ3n) is 2.48. The van der Waals surface area contributed by atoms with Gasteiger partial charge in [0.05, 0.1) is 10.4 Å². The normalized spacial score (nSPS) is 9.88. The van der Waals surface area contributed by atoms with E-state index in [1.54, 1.807) is 13.8 Å². The molecule has 0 aliphatic rings. The van der Waals surface area contributed by atoms with E-state index in [0.717, 1.165) is 10.9 Å². The Labute approximate surface area is 92.9 Å². The van der Waals surface area contributed by atoms with E-state index in [-0.39, 0.29) is 16.8 Å². The summed E-state index contributed by atoms with van der Waals surface area (Å²) in [6, 6.07) is 7.44. The number of aryl methyl sites for hydroxylation is 2. The van der Waals surface area contributed by atoms with Crippen LogP contribution in [0.15, 0.2) is 24.3 Å². The van der Waals surface area contributed by atoms with E-state index in [1.807, 2.05) is 24.3 Å². The molecule has 1 aromatic heterocycles. The molecule has 2 aromatic rings. The smallest absolute Gasteiger partial charge is 0.293 e. The summed E-state index contributed by atoms with van der Waals surface area (Å²) in [5.74, 6) is 0. The molecule has 5 heteroatoms. The first-order valence-electron chi connectivity index (χ1n) is 4.61. The Balaban J connectivity index is 0.00000128. The first-order chi connectivity index (χ1) is 7.11. The highest BCUT2D eigenvalue weighted by Crippen LogP contribution is 2.27. The Morgan fingerprint density at radius 1 is 1.25 bits per heavy atom. The molecular weight excluding hydrogens is 206 g/mol. The highest BCUT2D eigenvalue weighted by molar-refractivity contribution is 5.85. The standard InChI is InChI=1S/C11H10N2O2.H3N/c1-7-9-5-3-4-6-10(9)12-8(2)11(7)13(14)15;/h3-6H,1-2H3;1H3. The lowest BCUT2D eigenvalue weighted by Crippen LogP contribution is -1.98. The van der Waals surface area contributed by atoms with Gasteiger partial charge in [0.15, 0.2) is 0 Å². The Morgan fingerprint density at radius 2 is 1.88 bits per heavy atom. The third kappa shape index (κ3) is 1.72. The number of rotatable bonds is 1. The van der Waals surface area contributed by atoms with Crippen LogP contribution in [0.4, 0.5) is 5.69 Å². The van der Waals surface area contributed by atoms with Crippen LogP contribution < -0.4 is 6.15 Å². The van der Waals surface area contributed by atoms with Gasteiger partial charge in [-0.1, -0.05) is 18.2 Å². The van der Waals surface area contributed by atoms with Crippen LogP contribution >= 0.6 is 0 Å². The molecule has 0 aliphatic carbocycles. The van der Waals surface area contributed by atoms with Crippen LogP contribution in [0.5, 0.6) is 0 Å². The molecule has 0 radical (unpaired) electrons. The number of fused-ring (bicyclic) bond motifs is 1. The zero-order chi connectivity index (χ0) is 11.0. The lowest BCUT2D eigenvalue weighted by atomic mass is 10.1. The van der Waals surface area contributed by atoms with E-state index in [0.29, 0.717) is 11.3 Å². The molecule has 0 fully saturated rings. The Hall–Kier alpha value is -2.01. The average Bonchev–Trinajstić information content (AvgIpc) is 2.17. The van der Waals surface area contributed by atoms with Crippen LogP contribution in [-0.4, -0.2) is 9.91 Å². The molecule has 0 saturated heterocycles. The minimum atomic E-state index is -0.371. The van der Waals surface area contributed by atoms with Crippen molar-refractivity contribution in [2.45, 2.75) is 13.8 Å². The van der Waals surface area contributed by atoms with Crippen LogP contribution in [0, 0.1) is 24.0 Å². The number of nitrogens with zero attached hydrogens (tertiary/aromatic N) is 2. The SMILES string of the molecule is Cc1nc2ccccc2c(C)c1[N+](=O)[O-].N. The molecule has 0 saturated carbocycles. The van der Waals surface area contributed by atoms with Gasteiger partial charge in [-0.3, -0.25) is 10.1 Å². The fourth-order valence-corrected chi connectivity index (χ4v) is 1.79. The second kappa shape index (κ2) is 4.24. The van der Waals surface area contributed by atoms with Gasteiger partial charge in [-0.25, -0.2) is 4.98 Å². The van der Waals surface area contributed by atoms with Crippen molar-refractivity contribution in [3.8, 4) is 0 Å². The minimum Gasteiger partial charge on any atom is -0.344 e. The summed E-state index contributed by atoms with van der Waals surface area (Å²) in [7, 11) is 0. The summed E-state index contributed by atoms with van der Waals surface area (Å²) in [6.45, 7) is 3.42. The number of aromatic nitrogens is 1. The second-order valence-electron chi connectivity index (χ2n) is 3.45. The summed E-state index contributed by atoms with van der Waals surface area (Å²) in [5, 5.41) is 11.7. The minimum absolute atomic E-state index is 0. The average molecular weight is 219 g/mol. The van der Waals surface area contributed by atoms with Gasteiger partial charge in [-0.15, -0.1) is 0 Å². The summed E-state index contributed by atoms with van der Waals surface area (Å²) < 4.78 is 0. The molecule has 2 rings (SSSR count). The monoisotopic (exact) mass is 219 g/mol. The first kappa shape index (κ1) is 12.1. The van der Waals surface area contributed by atoms with Gasteiger partial charge in [0.25, 0.3) is 5.69 Å². The number of hydrogen-bond acceptors (Lipinski definition) is 4. The number of benzene rings is 1. The zero-order valence-electron chi connectivity index (χ0n) is 9.23. The van der Waals surface area contributed by atoms with E-state index >= 15 is 0 Å². The van der Waals surface area contributed by atoms with Crippen molar-refractivity contribution in [1.29, 1.82) is 0 Å². The Bertz CT molecular complexity index is 552. The van der Waals surface area contributed by atoms with Crippen LogP contribution in [0.25, 0.3) is 10.9 Å². The van der Waals surface area contributed by atoms with E-state index in [4.69, 9.17) is 0 Å². The lowest BCUT2D eigenvalue weighted by Gasteiger charge is -2.04. The van der Waals surface area contributed by atoms with Gasteiger partial charge >= 0.3 is 0 Å². The van der Waals surface area contributed by atoms with Crippen molar-refractivity contribution in [2.24, 2.45) is 0 Å². The van der Waals surface area contributed by atoms with E-state index in [9.17, 15) is 10.1 Å². The predicted molar refractivity (Wildman–Crippen MR) is 62.9 cm³/mol. The number of para-hydroxylation sites is 1. The Kier molecular flexibility index (Phi) is 3.20. The van der Waals surface area contributed by atoms with Gasteiger partial charge in [-0.05, 0) is 19.9 Å². The quantitative estimate of drug-likeness (QED) is 0.589. The van der Waals surface area contributed by atoms with Crippen molar-refractivity contribution in [3.05, 3.63) is 45.6 Å². The molecule has 0 amide bonds. The molecule has 1 aromatic carbocycles. The highest BCUT2D eigenvalue weighted by Gasteiger charge is 2.18. The van der Waals surface area contributed by atoms with Crippen molar-refractivity contribution < 1.29 is 4.92 Å². The van der Waals surface area contributed by atoms with Crippen molar-refractivity contribution >= 4 is 16.6 Å². The van der Waals surface area contributed by atoms with Gasteiger partial charge in [-0.2, -0.15) is 0 Å². The summed E-state index contributed by atoms with van der Waals surface area (Å²) >= 11 is 0. The fourth-order valence-electron chi connectivity index (χ4n) is 1.79. The maximum Gasteiger partial charge on any atom is 0.293 e. The summed E-state index contributed by atoms with van der Waals surface area (Å²) in [6.07, 6.45) is 0. The molecule has 3 N–H and O–H groups in total. The van der Waals surface area contributed by atoms with Crippen molar-refractivity contribution in [3.63, 3.8) is 0 Å². The maximum absolute atomic E-state index is 10.9. The molecule has 0 spiro atoms. The van der Waals surface area contributed by atoms with Crippen LogP contribution in [0.1, 0.15) is 11.3 Å². The highest BCUT2D eigenvalue weighted by atomic mass is 16.6. The first-order valence-corrected chi connectivity index (χ1v) is 4.61. The molecule has 1 heterocycles. The molecule has 84 valence electrons. The van der Waals surface area contributed by atoms with Crippen molar-refractivity contribution in [1.82, 2.24) is 11.1 Å². The molecule has 16 heavy (non-hydrogen) atoms. The van der Waals surface area contributed by atoms with Crippen LogP contribution in [-0.2, 0) is 0 Å². The largest absolute Gasteiger partial charge is 0.344 e. The summed E-state index contributed by atoms with van der Waals surface area (Å²) in [4.78, 5) is 14.7. The van der Waals surface area contributed by atoms with Gasteiger partial charge in [0, 0.05) is 10.9 Å². The fraction of sp³-hybridized carbons (Fsp3) is 0.182. The second-order valence-corrected chi connectivity index (χ2v) is 3.45. The number of nitro groups is 1. The van der Waals surface area contributed by atoms with E-state index < -0.39 is 0 Å². The van der Waals surface area contributed by atoms with Gasteiger partial charge < -0.3 is 6.15 Å². The van der Waals surface area contributed by atoms with Crippen molar-refractivity contribution in [2.75, 3.05) is 0 Å². The number of pyridine rings is 1. The lowest BCUT2D eigenvalue weighted by molar-refractivity contribution is -0.386. The van der Waals surface area contributed by atoms with Crippen LogP contribution in [0.2, 0.25) is 0 Å².